The molecule has 2 aromatic carbocycles. The molecule has 0 saturated carbocycles. The second kappa shape index (κ2) is 9.91. The van der Waals surface area contributed by atoms with Crippen LogP contribution < -0.4 is 10.3 Å². The number of carbonyl (C=O) groups is 1. The number of thiocarbonyl (C=S) groups is 1. The molecule has 1 fully saturated rings. The molecule has 0 aliphatic carbocycles. The Hall–Kier alpha value is -3.82. The first-order valence-electron chi connectivity index (χ1n) is 11.5. The maximum atomic E-state index is 13.6. The normalized spacial score (nSPS) is 14.7. The van der Waals surface area contributed by atoms with Gasteiger partial charge in [-0.3, -0.25) is 18.9 Å². The molecular formula is C28H22FN3O3S2. The van der Waals surface area contributed by atoms with Crippen molar-refractivity contribution in [1.82, 2.24) is 14.3 Å². The molecule has 6 nitrogen and oxygen atoms in total. The van der Waals surface area contributed by atoms with Gasteiger partial charge in [0.15, 0.2) is 0 Å². The molecule has 2 aromatic heterocycles. The summed E-state index contributed by atoms with van der Waals surface area (Å²) in [6.07, 6.45) is 3.13. The van der Waals surface area contributed by atoms with Crippen LogP contribution in [-0.2, 0) is 11.3 Å². The second-order valence-electron chi connectivity index (χ2n) is 8.84. The van der Waals surface area contributed by atoms with Crippen molar-refractivity contribution in [2.75, 3.05) is 0 Å². The number of halogens is 1. The first kappa shape index (κ1) is 24.9. The second-order valence-corrected chi connectivity index (χ2v) is 10.5. The minimum atomic E-state index is -0.364. The lowest BCUT2D eigenvalue weighted by atomic mass is 10.1. The molecular weight excluding hydrogens is 509 g/mol. The molecule has 3 heterocycles. The number of hydrogen-bond donors (Lipinski definition) is 0. The van der Waals surface area contributed by atoms with E-state index in [-0.39, 0.29) is 40.2 Å². The summed E-state index contributed by atoms with van der Waals surface area (Å²) in [5.74, 6) is -0.0516. The number of fused-ring (bicyclic) bond motifs is 1. The molecule has 9 heteroatoms. The number of benzene rings is 2. The van der Waals surface area contributed by atoms with E-state index in [2.05, 4.69) is 4.98 Å². The minimum Gasteiger partial charge on any atom is -0.438 e. The van der Waals surface area contributed by atoms with Gasteiger partial charge in [-0.05, 0) is 79.4 Å². The van der Waals surface area contributed by atoms with E-state index in [1.165, 1.54) is 27.5 Å². The summed E-state index contributed by atoms with van der Waals surface area (Å²) in [4.78, 5) is 33.3. The van der Waals surface area contributed by atoms with Gasteiger partial charge < -0.3 is 4.74 Å². The summed E-state index contributed by atoms with van der Waals surface area (Å²) >= 11 is 6.55. The molecule has 0 bridgehead atoms. The van der Waals surface area contributed by atoms with E-state index in [0.717, 1.165) is 34.0 Å². The van der Waals surface area contributed by atoms with Crippen molar-refractivity contribution in [3.8, 4) is 11.6 Å². The molecule has 0 unspecified atom stereocenters. The third kappa shape index (κ3) is 5.05. The lowest BCUT2D eigenvalue weighted by Crippen LogP contribution is -2.27. The van der Waals surface area contributed by atoms with Crippen LogP contribution in [-0.4, -0.2) is 24.5 Å². The van der Waals surface area contributed by atoms with Crippen LogP contribution >= 0.6 is 24.0 Å². The molecule has 1 amide bonds. The number of rotatable bonds is 5. The quantitative estimate of drug-likeness (QED) is 0.234. The standard InChI is InChI=1S/C28H22FN3O3S2/c1-16-11-17(2)13-21(12-16)35-25-22(26(33)31-10-4-5-18(3)24(31)30-25)14-23-27(34)32(28(36)37-23)15-19-6-8-20(29)9-7-19/h4-14H,15H2,1-3H3/b23-14+. The van der Waals surface area contributed by atoms with Crippen molar-refractivity contribution < 1.29 is 13.9 Å². The summed E-state index contributed by atoms with van der Waals surface area (Å²) in [6.45, 7) is 5.98. The van der Waals surface area contributed by atoms with Crippen molar-refractivity contribution in [3.05, 3.63) is 110 Å². The van der Waals surface area contributed by atoms with Crippen LogP contribution in [0.4, 0.5) is 4.39 Å². The topological polar surface area (TPSA) is 63.9 Å². The summed E-state index contributed by atoms with van der Waals surface area (Å²) < 4.78 is 21.2. The van der Waals surface area contributed by atoms with Gasteiger partial charge in [-0.15, -0.1) is 0 Å². The number of nitrogens with zero attached hydrogens (tertiary/aromatic N) is 3. The molecule has 4 aromatic rings. The smallest absolute Gasteiger partial charge is 0.269 e. The zero-order valence-corrected chi connectivity index (χ0v) is 22.0. The van der Waals surface area contributed by atoms with Crippen molar-refractivity contribution in [1.29, 1.82) is 0 Å². The Kier molecular flexibility index (Phi) is 6.66. The Morgan fingerprint density at radius 3 is 2.46 bits per heavy atom. The van der Waals surface area contributed by atoms with Crippen molar-refractivity contribution in [2.45, 2.75) is 27.3 Å². The van der Waals surface area contributed by atoms with Gasteiger partial charge in [-0.25, -0.2) is 4.39 Å². The monoisotopic (exact) mass is 531 g/mol. The fourth-order valence-electron chi connectivity index (χ4n) is 4.14. The highest BCUT2D eigenvalue weighted by Gasteiger charge is 2.33. The summed E-state index contributed by atoms with van der Waals surface area (Å²) in [5, 5.41) is 0. The highest BCUT2D eigenvalue weighted by atomic mass is 32.2. The van der Waals surface area contributed by atoms with Crippen LogP contribution in [0, 0.1) is 26.6 Å². The largest absolute Gasteiger partial charge is 0.438 e. The Balaban J connectivity index is 1.58. The Labute approximate surface area is 222 Å². The van der Waals surface area contributed by atoms with Gasteiger partial charge in [0.2, 0.25) is 5.88 Å². The van der Waals surface area contributed by atoms with E-state index in [1.54, 1.807) is 24.4 Å². The Morgan fingerprint density at radius 2 is 1.76 bits per heavy atom. The van der Waals surface area contributed by atoms with E-state index < -0.39 is 0 Å². The van der Waals surface area contributed by atoms with E-state index >= 15 is 0 Å². The van der Waals surface area contributed by atoms with Gasteiger partial charge in [0, 0.05) is 6.20 Å². The molecule has 0 radical (unpaired) electrons. The van der Waals surface area contributed by atoms with Gasteiger partial charge >= 0.3 is 0 Å². The molecule has 37 heavy (non-hydrogen) atoms. The number of ether oxygens (including phenoxy) is 1. The molecule has 0 N–H and O–H groups in total. The Morgan fingerprint density at radius 1 is 1.05 bits per heavy atom. The van der Waals surface area contributed by atoms with Gasteiger partial charge in [-0.2, -0.15) is 4.98 Å². The molecule has 1 aliphatic rings. The number of pyridine rings is 1. The van der Waals surface area contributed by atoms with Gasteiger partial charge in [0.25, 0.3) is 11.5 Å². The fourth-order valence-corrected chi connectivity index (χ4v) is 5.37. The SMILES string of the molecule is Cc1cc(C)cc(Oc2nc3c(C)cccn3c(=O)c2/C=C2/SC(=S)N(Cc3ccc(F)cc3)C2=O)c1. The highest BCUT2D eigenvalue weighted by Crippen LogP contribution is 2.35. The van der Waals surface area contributed by atoms with Crippen LogP contribution in [0.3, 0.4) is 0 Å². The number of aromatic nitrogens is 2. The fraction of sp³-hybridized carbons (Fsp3) is 0.143. The van der Waals surface area contributed by atoms with E-state index in [0.29, 0.717) is 15.7 Å². The van der Waals surface area contributed by atoms with Crippen molar-refractivity contribution in [3.63, 3.8) is 0 Å². The highest BCUT2D eigenvalue weighted by molar-refractivity contribution is 8.26. The molecule has 1 aliphatic heterocycles. The van der Waals surface area contributed by atoms with Crippen LogP contribution in [0.5, 0.6) is 11.6 Å². The van der Waals surface area contributed by atoms with Crippen LogP contribution in [0.15, 0.2) is 70.5 Å². The number of aryl methyl sites for hydroxylation is 3. The third-order valence-corrected chi connectivity index (χ3v) is 7.24. The number of hydrogen-bond acceptors (Lipinski definition) is 6. The van der Waals surface area contributed by atoms with E-state index in [9.17, 15) is 14.0 Å². The van der Waals surface area contributed by atoms with E-state index in [1.807, 2.05) is 45.0 Å². The maximum Gasteiger partial charge on any atom is 0.269 e. The first-order chi connectivity index (χ1) is 17.7. The first-order valence-corrected chi connectivity index (χ1v) is 12.7. The minimum absolute atomic E-state index is 0.105. The summed E-state index contributed by atoms with van der Waals surface area (Å²) in [5.41, 5.74) is 3.80. The zero-order valence-electron chi connectivity index (χ0n) is 20.3. The predicted molar refractivity (Wildman–Crippen MR) is 147 cm³/mol. The molecule has 0 spiro atoms. The number of thioether (sulfide) groups is 1. The number of carbonyl (C=O) groups excluding carboxylic acids is 1. The summed E-state index contributed by atoms with van der Waals surface area (Å²) in [6, 6.07) is 15.3. The molecule has 5 rings (SSSR count). The van der Waals surface area contributed by atoms with Crippen molar-refractivity contribution in [2.24, 2.45) is 0 Å². The Bertz CT molecular complexity index is 1640. The van der Waals surface area contributed by atoms with Crippen molar-refractivity contribution >= 4 is 45.9 Å². The van der Waals surface area contributed by atoms with Gasteiger partial charge in [0.05, 0.1) is 11.4 Å². The molecule has 1 saturated heterocycles. The maximum absolute atomic E-state index is 13.6. The van der Waals surface area contributed by atoms with Crippen LogP contribution in [0.1, 0.15) is 27.8 Å². The van der Waals surface area contributed by atoms with Gasteiger partial charge in [0.1, 0.15) is 27.1 Å². The van der Waals surface area contributed by atoms with Crippen LogP contribution in [0.2, 0.25) is 0 Å². The predicted octanol–water partition coefficient (Wildman–Crippen LogP) is 5.95. The number of amides is 1. The lowest BCUT2D eigenvalue weighted by molar-refractivity contribution is -0.122. The molecule has 0 atom stereocenters. The average molecular weight is 532 g/mol. The summed E-state index contributed by atoms with van der Waals surface area (Å²) in [7, 11) is 0. The van der Waals surface area contributed by atoms with Crippen LogP contribution in [0.25, 0.3) is 11.7 Å². The average Bonchev–Trinajstić information content (AvgIpc) is 3.10. The van der Waals surface area contributed by atoms with Gasteiger partial charge in [-0.1, -0.05) is 48.2 Å². The third-order valence-electron chi connectivity index (χ3n) is 5.86. The lowest BCUT2D eigenvalue weighted by Gasteiger charge is -2.14. The van der Waals surface area contributed by atoms with E-state index in [4.69, 9.17) is 17.0 Å². The zero-order chi connectivity index (χ0) is 26.3. The molecule has 186 valence electrons.